The van der Waals surface area contributed by atoms with Crippen molar-refractivity contribution in [3.8, 4) is 0 Å². The Bertz CT molecular complexity index is 227. The summed E-state index contributed by atoms with van der Waals surface area (Å²) < 4.78 is 0. The molecule has 15 heavy (non-hydrogen) atoms. The number of rotatable bonds is 7. The largest absolute Gasteiger partial charge is 0.368 e. The molecule has 5 nitrogen and oxygen atoms in total. The van der Waals surface area contributed by atoms with Gasteiger partial charge in [-0.1, -0.05) is 6.42 Å². The van der Waals surface area contributed by atoms with Gasteiger partial charge in [-0.3, -0.25) is 9.59 Å². The van der Waals surface area contributed by atoms with Gasteiger partial charge in [0.25, 0.3) is 0 Å². The van der Waals surface area contributed by atoms with E-state index in [1.165, 1.54) is 0 Å². The van der Waals surface area contributed by atoms with Gasteiger partial charge < -0.3 is 16.8 Å². The molecule has 0 spiro atoms. The van der Waals surface area contributed by atoms with Crippen LogP contribution in [0.1, 0.15) is 39.5 Å². The molecule has 0 heterocycles. The van der Waals surface area contributed by atoms with Crippen LogP contribution >= 0.6 is 0 Å². The Morgan fingerprint density at radius 3 is 2.27 bits per heavy atom. The summed E-state index contributed by atoms with van der Waals surface area (Å²) in [6, 6.07) is 0. The third-order valence-corrected chi connectivity index (χ3v) is 2.18. The molecule has 2 amide bonds. The van der Waals surface area contributed by atoms with E-state index in [-0.39, 0.29) is 5.91 Å². The Kier molecular flexibility index (Phi) is 5.93. The standard InChI is InChI=1S/C10H21N3O2/c1-10(2,9(12)15)13-8(14)6-4-3-5-7-11/h3-7,11H2,1-2H3,(H2,12,15)(H,13,14). The Morgan fingerprint density at radius 2 is 1.80 bits per heavy atom. The highest BCUT2D eigenvalue weighted by atomic mass is 16.2. The lowest BCUT2D eigenvalue weighted by Crippen LogP contribution is -2.52. The topological polar surface area (TPSA) is 98.2 Å². The van der Waals surface area contributed by atoms with Crippen molar-refractivity contribution >= 4 is 11.8 Å². The number of amides is 2. The average Bonchev–Trinajstić information content (AvgIpc) is 2.11. The van der Waals surface area contributed by atoms with Gasteiger partial charge in [0.2, 0.25) is 11.8 Å². The minimum absolute atomic E-state index is 0.143. The highest BCUT2D eigenvalue weighted by Crippen LogP contribution is 2.03. The maximum absolute atomic E-state index is 11.4. The minimum atomic E-state index is -0.967. The van der Waals surface area contributed by atoms with Crippen molar-refractivity contribution in [2.24, 2.45) is 11.5 Å². The lowest BCUT2D eigenvalue weighted by Gasteiger charge is -2.22. The highest BCUT2D eigenvalue weighted by molar-refractivity contribution is 5.89. The quantitative estimate of drug-likeness (QED) is 0.516. The zero-order valence-electron chi connectivity index (χ0n) is 9.51. The Hall–Kier alpha value is -1.10. The summed E-state index contributed by atoms with van der Waals surface area (Å²) >= 11 is 0. The SMILES string of the molecule is CC(C)(NC(=O)CCCCCN)C(N)=O. The number of nitrogens with two attached hydrogens (primary N) is 2. The van der Waals surface area contributed by atoms with Gasteiger partial charge in [0, 0.05) is 6.42 Å². The number of nitrogens with one attached hydrogen (secondary N) is 1. The zero-order chi connectivity index (χ0) is 11.9. The molecule has 0 aromatic rings. The van der Waals surface area contributed by atoms with E-state index < -0.39 is 11.4 Å². The molecule has 88 valence electrons. The summed E-state index contributed by atoms with van der Waals surface area (Å²) in [4.78, 5) is 22.3. The summed E-state index contributed by atoms with van der Waals surface area (Å²) in [5.74, 6) is -0.673. The van der Waals surface area contributed by atoms with Crippen molar-refractivity contribution < 1.29 is 9.59 Å². The maximum Gasteiger partial charge on any atom is 0.242 e. The molecule has 0 atom stereocenters. The molecule has 0 aliphatic rings. The van der Waals surface area contributed by atoms with Crippen molar-refractivity contribution in [2.75, 3.05) is 6.54 Å². The minimum Gasteiger partial charge on any atom is -0.368 e. The van der Waals surface area contributed by atoms with Gasteiger partial charge in [0.15, 0.2) is 0 Å². The first kappa shape index (κ1) is 13.9. The van der Waals surface area contributed by atoms with Crippen LogP contribution in [0.15, 0.2) is 0 Å². The second kappa shape index (κ2) is 6.40. The molecule has 0 bridgehead atoms. The first-order chi connectivity index (χ1) is 6.90. The number of carbonyl (C=O) groups excluding carboxylic acids is 2. The van der Waals surface area contributed by atoms with E-state index in [2.05, 4.69) is 5.32 Å². The average molecular weight is 215 g/mol. The second-order valence-electron chi connectivity index (χ2n) is 4.14. The third kappa shape index (κ3) is 6.06. The second-order valence-corrected chi connectivity index (χ2v) is 4.14. The van der Waals surface area contributed by atoms with Gasteiger partial charge in [0.1, 0.15) is 5.54 Å². The Morgan fingerprint density at radius 1 is 1.20 bits per heavy atom. The van der Waals surface area contributed by atoms with Gasteiger partial charge in [-0.15, -0.1) is 0 Å². The molecule has 0 unspecified atom stereocenters. The first-order valence-electron chi connectivity index (χ1n) is 5.21. The lowest BCUT2D eigenvalue weighted by atomic mass is 10.0. The first-order valence-corrected chi connectivity index (χ1v) is 5.21. The monoisotopic (exact) mass is 215 g/mol. The van der Waals surface area contributed by atoms with E-state index in [0.717, 1.165) is 19.3 Å². The van der Waals surface area contributed by atoms with Gasteiger partial charge in [-0.25, -0.2) is 0 Å². The number of hydrogen-bond donors (Lipinski definition) is 3. The maximum atomic E-state index is 11.4. The number of hydrogen-bond acceptors (Lipinski definition) is 3. The van der Waals surface area contributed by atoms with Crippen molar-refractivity contribution in [3.63, 3.8) is 0 Å². The smallest absolute Gasteiger partial charge is 0.242 e. The van der Waals surface area contributed by atoms with Crippen LogP contribution in [0.4, 0.5) is 0 Å². The summed E-state index contributed by atoms with van der Waals surface area (Å²) in [6.07, 6.45) is 3.06. The zero-order valence-corrected chi connectivity index (χ0v) is 9.51. The van der Waals surface area contributed by atoms with Gasteiger partial charge >= 0.3 is 0 Å². The fourth-order valence-corrected chi connectivity index (χ4v) is 1.08. The Balaban J connectivity index is 3.79. The van der Waals surface area contributed by atoms with Crippen molar-refractivity contribution in [2.45, 2.75) is 45.1 Å². The normalized spacial score (nSPS) is 11.1. The van der Waals surface area contributed by atoms with Gasteiger partial charge in [-0.05, 0) is 33.2 Å². The molecule has 0 aromatic carbocycles. The molecular formula is C10H21N3O2. The fraction of sp³-hybridized carbons (Fsp3) is 0.800. The van der Waals surface area contributed by atoms with Crippen LogP contribution in [0.2, 0.25) is 0 Å². The van der Waals surface area contributed by atoms with E-state index in [1.54, 1.807) is 13.8 Å². The predicted molar refractivity (Wildman–Crippen MR) is 58.9 cm³/mol. The van der Waals surface area contributed by atoms with Crippen LogP contribution < -0.4 is 16.8 Å². The van der Waals surface area contributed by atoms with E-state index >= 15 is 0 Å². The predicted octanol–water partition coefficient (Wildman–Crippen LogP) is -0.114. The molecule has 0 saturated heterocycles. The molecule has 5 N–H and O–H groups in total. The van der Waals surface area contributed by atoms with Gasteiger partial charge in [-0.2, -0.15) is 0 Å². The number of carbonyl (C=O) groups is 2. The van der Waals surface area contributed by atoms with E-state index in [0.29, 0.717) is 13.0 Å². The highest BCUT2D eigenvalue weighted by Gasteiger charge is 2.26. The molecule has 0 rings (SSSR count). The van der Waals surface area contributed by atoms with Gasteiger partial charge in [0.05, 0.1) is 0 Å². The molecule has 0 aliphatic heterocycles. The van der Waals surface area contributed by atoms with Crippen molar-refractivity contribution in [3.05, 3.63) is 0 Å². The summed E-state index contributed by atoms with van der Waals surface area (Å²) in [5, 5.41) is 2.59. The van der Waals surface area contributed by atoms with Crippen LogP contribution in [0.3, 0.4) is 0 Å². The third-order valence-electron chi connectivity index (χ3n) is 2.18. The molecule has 0 aromatic heterocycles. The molecule has 0 fully saturated rings. The van der Waals surface area contributed by atoms with Crippen LogP contribution in [-0.4, -0.2) is 23.9 Å². The summed E-state index contributed by atoms with van der Waals surface area (Å²) in [6.45, 7) is 3.83. The molecule has 0 radical (unpaired) electrons. The van der Waals surface area contributed by atoms with Crippen LogP contribution in [-0.2, 0) is 9.59 Å². The molecule has 0 aliphatic carbocycles. The van der Waals surface area contributed by atoms with E-state index in [1.807, 2.05) is 0 Å². The number of primary amides is 1. The van der Waals surface area contributed by atoms with Crippen LogP contribution in [0.25, 0.3) is 0 Å². The van der Waals surface area contributed by atoms with Crippen LogP contribution in [0, 0.1) is 0 Å². The Labute approximate surface area is 90.6 Å². The molecule has 0 saturated carbocycles. The lowest BCUT2D eigenvalue weighted by molar-refractivity contribution is -0.130. The molecule has 5 heteroatoms. The van der Waals surface area contributed by atoms with E-state index in [9.17, 15) is 9.59 Å². The number of unbranched alkanes of at least 4 members (excludes halogenated alkanes) is 2. The van der Waals surface area contributed by atoms with Crippen LogP contribution in [0.5, 0.6) is 0 Å². The van der Waals surface area contributed by atoms with Crippen molar-refractivity contribution in [1.29, 1.82) is 0 Å². The van der Waals surface area contributed by atoms with Crippen molar-refractivity contribution in [1.82, 2.24) is 5.32 Å². The molecular weight excluding hydrogens is 194 g/mol. The van der Waals surface area contributed by atoms with E-state index in [4.69, 9.17) is 11.5 Å². The fourth-order valence-electron chi connectivity index (χ4n) is 1.08. The summed E-state index contributed by atoms with van der Waals surface area (Å²) in [7, 11) is 0. The summed E-state index contributed by atoms with van der Waals surface area (Å²) in [5.41, 5.74) is 9.48.